The molecule has 2 amide bonds. The summed E-state index contributed by atoms with van der Waals surface area (Å²) in [6.07, 6.45) is 4.69. The van der Waals surface area contributed by atoms with Gasteiger partial charge < -0.3 is 14.7 Å². The molecular formula is C17H30N4O2. The number of urea groups is 1. The van der Waals surface area contributed by atoms with Crippen molar-refractivity contribution in [3.05, 3.63) is 17.5 Å². The van der Waals surface area contributed by atoms with Gasteiger partial charge in [0.05, 0.1) is 12.2 Å². The lowest BCUT2D eigenvalue weighted by molar-refractivity contribution is 0.126. The molecule has 0 spiro atoms. The first kappa shape index (κ1) is 17.8. The molecule has 23 heavy (non-hydrogen) atoms. The molecule has 2 rings (SSSR count). The van der Waals surface area contributed by atoms with Crippen molar-refractivity contribution < 1.29 is 9.32 Å². The Bertz CT molecular complexity index is 481. The number of rotatable bonds is 7. The highest BCUT2D eigenvalue weighted by Crippen LogP contribution is 2.10. The Morgan fingerprint density at radius 3 is 2.70 bits per heavy atom. The number of nitrogens with zero attached hydrogens (tertiary/aromatic N) is 3. The topological polar surface area (TPSA) is 61.6 Å². The highest BCUT2D eigenvalue weighted by molar-refractivity contribution is 5.74. The SMILES string of the molecule is CCCCCC(C)NC(=O)N1CCN(Cc2cc(C)no2)CC1. The zero-order valence-electron chi connectivity index (χ0n) is 14.7. The summed E-state index contributed by atoms with van der Waals surface area (Å²) in [5, 5.41) is 7.03. The fraction of sp³-hybridized carbons (Fsp3) is 0.765. The first-order chi connectivity index (χ1) is 11.1. The Hall–Kier alpha value is -1.56. The van der Waals surface area contributed by atoms with Crippen LogP contribution in [-0.2, 0) is 6.54 Å². The van der Waals surface area contributed by atoms with Crippen molar-refractivity contribution in [2.45, 2.75) is 59.0 Å². The van der Waals surface area contributed by atoms with Crippen LogP contribution in [0.25, 0.3) is 0 Å². The molecule has 1 aromatic heterocycles. The maximum atomic E-state index is 12.3. The van der Waals surface area contributed by atoms with Crippen LogP contribution in [0.5, 0.6) is 0 Å². The van der Waals surface area contributed by atoms with Gasteiger partial charge in [-0.15, -0.1) is 0 Å². The standard InChI is InChI=1S/C17H30N4O2/c1-4-5-6-7-14(2)18-17(22)21-10-8-20(9-11-21)13-16-12-15(3)19-23-16/h12,14H,4-11,13H2,1-3H3,(H,18,22). The molecule has 0 saturated carbocycles. The van der Waals surface area contributed by atoms with E-state index in [4.69, 9.17) is 4.52 Å². The summed E-state index contributed by atoms with van der Waals surface area (Å²) in [7, 11) is 0. The van der Waals surface area contributed by atoms with Gasteiger partial charge in [-0.3, -0.25) is 4.90 Å². The van der Waals surface area contributed by atoms with Gasteiger partial charge >= 0.3 is 6.03 Å². The molecule has 1 saturated heterocycles. The van der Waals surface area contributed by atoms with Crippen LogP contribution < -0.4 is 5.32 Å². The van der Waals surface area contributed by atoms with Gasteiger partial charge in [0, 0.05) is 38.3 Å². The van der Waals surface area contributed by atoms with E-state index in [9.17, 15) is 4.79 Å². The summed E-state index contributed by atoms with van der Waals surface area (Å²) >= 11 is 0. The second-order valence-corrected chi connectivity index (χ2v) is 6.54. The smallest absolute Gasteiger partial charge is 0.317 e. The molecule has 0 radical (unpaired) electrons. The number of aromatic nitrogens is 1. The lowest BCUT2D eigenvalue weighted by atomic mass is 10.1. The van der Waals surface area contributed by atoms with Gasteiger partial charge in [0.2, 0.25) is 0 Å². The van der Waals surface area contributed by atoms with E-state index in [2.05, 4.69) is 29.2 Å². The summed E-state index contributed by atoms with van der Waals surface area (Å²) in [4.78, 5) is 16.5. The molecule has 6 heteroatoms. The molecular weight excluding hydrogens is 292 g/mol. The minimum absolute atomic E-state index is 0.0733. The third-order valence-electron chi connectivity index (χ3n) is 4.33. The summed E-state index contributed by atoms with van der Waals surface area (Å²) in [6.45, 7) is 10.3. The number of carbonyl (C=O) groups is 1. The van der Waals surface area contributed by atoms with Gasteiger partial charge in [-0.05, 0) is 20.3 Å². The number of aryl methyl sites for hydroxylation is 1. The van der Waals surface area contributed by atoms with Gasteiger partial charge in [-0.2, -0.15) is 0 Å². The van der Waals surface area contributed by atoms with Crippen molar-refractivity contribution >= 4 is 6.03 Å². The van der Waals surface area contributed by atoms with Crippen molar-refractivity contribution in [3.63, 3.8) is 0 Å². The van der Waals surface area contributed by atoms with Crippen molar-refractivity contribution in [2.75, 3.05) is 26.2 Å². The van der Waals surface area contributed by atoms with Crippen molar-refractivity contribution in [1.29, 1.82) is 0 Å². The zero-order chi connectivity index (χ0) is 16.7. The van der Waals surface area contributed by atoms with Crippen LogP contribution in [-0.4, -0.2) is 53.2 Å². The third-order valence-corrected chi connectivity index (χ3v) is 4.33. The molecule has 2 heterocycles. The quantitative estimate of drug-likeness (QED) is 0.784. The largest absolute Gasteiger partial charge is 0.360 e. The first-order valence-electron chi connectivity index (χ1n) is 8.78. The number of nitrogens with one attached hydrogen (secondary N) is 1. The summed E-state index contributed by atoms with van der Waals surface area (Å²) in [5.41, 5.74) is 0.912. The van der Waals surface area contributed by atoms with E-state index >= 15 is 0 Å². The van der Waals surface area contributed by atoms with Crippen LogP contribution in [0.15, 0.2) is 10.6 Å². The average molecular weight is 322 g/mol. The molecule has 0 aromatic carbocycles. The Morgan fingerprint density at radius 2 is 2.09 bits per heavy atom. The highest BCUT2D eigenvalue weighted by Gasteiger charge is 2.22. The molecule has 130 valence electrons. The van der Waals surface area contributed by atoms with Crippen LogP contribution in [0.2, 0.25) is 0 Å². The minimum Gasteiger partial charge on any atom is -0.360 e. The van der Waals surface area contributed by atoms with E-state index in [0.29, 0.717) is 0 Å². The number of amides is 2. The number of hydrogen-bond acceptors (Lipinski definition) is 4. The number of piperazine rings is 1. The predicted octanol–water partition coefficient (Wildman–Crippen LogP) is 2.78. The number of hydrogen-bond donors (Lipinski definition) is 1. The Labute approximate surface area is 139 Å². The average Bonchev–Trinajstić information content (AvgIpc) is 2.93. The van der Waals surface area contributed by atoms with E-state index in [1.54, 1.807) is 0 Å². The maximum Gasteiger partial charge on any atom is 0.317 e. The molecule has 1 N–H and O–H groups in total. The normalized spacial score (nSPS) is 17.3. The van der Waals surface area contributed by atoms with Crippen molar-refractivity contribution in [3.8, 4) is 0 Å². The van der Waals surface area contributed by atoms with Crippen LogP contribution in [0, 0.1) is 6.92 Å². The van der Waals surface area contributed by atoms with E-state index < -0.39 is 0 Å². The Morgan fingerprint density at radius 1 is 1.35 bits per heavy atom. The van der Waals surface area contributed by atoms with Crippen LogP contribution in [0.1, 0.15) is 51.0 Å². The van der Waals surface area contributed by atoms with Gasteiger partial charge in [-0.1, -0.05) is 31.3 Å². The van der Waals surface area contributed by atoms with E-state index in [1.165, 1.54) is 19.3 Å². The van der Waals surface area contributed by atoms with Gasteiger partial charge in [0.15, 0.2) is 5.76 Å². The van der Waals surface area contributed by atoms with Crippen LogP contribution in [0.4, 0.5) is 4.79 Å². The van der Waals surface area contributed by atoms with Crippen LogP contribution >= 0.6 is 0 Å². The predicted molar refractivity (Wildman–Crippen MR) is 90.2 cm³/mol. The Kier molecular flexibility index (Phi) is 6.89. The second-order valence-electron chi connectivity index (χ2n) is 6.54. The summed E-state index contributed by atoms with van der Waals surface area (Å²) in [5.74, 6) is 0.893. The number of carbonyl (C=O) groups excluding carboxylic acids is 1. The van der Waals surface area contributed by atoms with Crippen LogP contribution in [0.3, 0.4) is 0 Å². The molecule has 1 aliphatic rings. The molecule has 1 aliphatic heterocycles. The fourth-order valence-electron chi connectivity index (χ4n) is 2.90. The maximum absolute atomic E-state index is 12.3. The van der Waals surface area contributed by atoms with E-state index in [0.717, 1.165) is 50.6 Å². The first-order valence-corrected chi connectivity index (χ1v) is 8.78. The molecule has 1 aromatic rings. The van der Waals surface area contributed by atoms with Gasteiger partial charge in [0.25, 0.3) is 0 Å². The lowest BCUT2D eigenvalue weighted by Gasteiger charge is -2.34. The highest BCUT2D eigenvalue weighted by atomic mass is 16.5. The van der Waals surface area contributed by atoms with Gasteiger partial charge in [0.1, 0.15) is 0 Å². The fourth-order valence-corrected chi connectivity index (χ4v) is 2.90. The van der Waals surface area contributed by atoms with Crippen molar-refractivity contribution in [2.24, 2.45) is 0 Å². The third kappa shape index (κ3) is 5.86. The lowest BCUT2D eigenvalue weighted by Crippen LogP contribution is -2.52. The second kappa shape index (κ2) is 8.91. The van der Waals surface area contributed by atoms with E-state index in [-0.39, 0.29) is 12.1 Å². The molecule has 6 nitrogen and oxygen atoms in total. The zero-order valence-corrected chi connectivity index (χ0v) is 14.7. The molecule has 1 fully saturated rings. The molecule has 1 unspecified atom stereocenters. The van der Waals surface area contributed by atoms with Gasteiger partial charge in [-0.25, -0.2) is 4.79 Å². The minimum atomic E-state index is 0.0733. The summed E-state index contributed by atoms with van der Waals surface area (Å²) < 4.78 is 5.26. The number of unbranched alkanes of at least 4 members (excludes halogenated alkanes) is 2. The molecule has 0 aliphatic carbocycles. The monoisotopic (exact) mass is 322 g/mol. The molecule has 0 bridgehead atoms. The Balaban J connectivity index is 1.68. The van der Waals surface area contributed by atoms with Crippen molar-refractivity contribution in [1.82, 2.24) is 20.3 Å². The summed E-state index contributed by atoms with van der Waals surface area (Å²) in [6, 6.07) is 2.30. The molecule has 1 atom stereocenters. The van der Waals surface area contributed by atoms with E-state index in [1.807, 2.05) is 17.9 Å².